The number of hydrogen-bond donors (Lipinski definition) is 1. The van der Waals surface area contributed by atoms with Gasteiger partial charge in [-0.3, -0.25) is 10.1 Å². The standard InChI is InChI=1S/C14H10ClNO5/c15-10-6-7-11(16(19)20)12(8-10)21-13(14(17)18)9-4-2-1-3-5-9/h1-8,13H,(H,17,18). The highest BCUT2D eigenvalue weighted by Gasteiger charge is 2.26. The van der Waals surface area contributed by atoms with Crippen LogP contribution < -0.4 is 4.74 Å². The summed E-state index contributed by atoms with van der Waals surface area (Å²) in [6, 6.07) is 11.9. The highest BCUT2D eigenvalue weighted by molar-refractivity contribution is 6.30. The molecule has 1 atom stereocenters. The van der Waals surface area contributed by atoms with E-state index in [0.29, 0.717) is 5.56 Å². The van der Waals surface area contributed by atoms with Crippen LogP contribution in [-0.2, 0) is 4.79 Å². The number of carboxylic acids is 1. The summed E-state index contributed by atoms with van der Waals surface area (Å²) >= 11 is 5.78. The summed E-state index contributed by atoms with van der Waals surface area (Å²) in [7, 11) is 0. The van der Waals surface area contributed by atoms with Gasteiger partial charge in [-0.1, -0.05) is 41.9 Å². The lowest BCUT2D eigenvalue weighted by Crippen LogP contribution is -2.18. The van der Waals surface area contributed by atoms with Crippen molar-refractivity contribution in [1.82, 2.24) is 0 Å². The Morgan fingerprint density at radius 2 is 1.90 bits per heavy atom. The van der Waals surface area contributed by atoms with E-state index in [1.807, 2.05) is 0 Å². The molecular weight excluding hydrogens is 298 g/mol. The van der Waals surface area contributed by atoms with Crippen LogP contribution in [0, 0.1) is 10.1 Å². The van der Waals surface area contributed by atoms with E-state index in [0.717, 1.165) is 0 Å². The molecule has 0 aliphatic heterocycles. The molecule has 2 rings (SSSR count). The lowest BCUT2D eigenvalue weighted by atomic mass is 10.1. The maximum absolute atomic E-state index is 11.3. The smallest absolute Gasteiger partial charge is 0.349 e. The van der Waals surface area contributed by atoms with Crippen LogP contribution in [0.25, 0.3) is 0 Å². The molecule has 0 heterocycles. The van der Waals surface area contributed by atoms with Gasteiger partial charge in [0.2, 0.25) is 6.10 Å². The van der Waals surface area contributed by atoms with Gasteiger partial charge in [-0.15, -0.1) is 0 Å². The first-order valence-electron chi connectivity index (χ1n) is 5.87. The number of benzene rings is 2. The zero-order valence-electron chi connectivity index (χ0n) is 10.6. The topological polar surface area (TPSA) is 89.7 Å². The summed E-state index contributed by atoms with van der Waals surface area (Å²) in [6.45, 7) is 0. The van der Waals surface area contributed by atoms with Gasteiger partial charge >= 0.3 is 11.7 Å². The zero-order chi connectivity index (χ0) is 15.4. The second-order valence-corrected chi connectivity index (χ2v) is 4.55. The van der Waals surface area contributed by atoms with E-state index in [1.54, 1.807) is 30.3 Å². The van der Waals surface area contributed by atoms with Crippen molar-refractivity contribution < 1.29 is 19.6 Å². The number of hydrogen-bond acceptors (Lipinski definition) is 4. The molecule has 2 aromatic rings. The molecule has 1 N–H and O–H groups in total. The third-order valence-corrected chi connectivity index (χ3v) is 2.93. The highest BCUT2D eigenvalue weighted by atomic mass is 35.5. The van der Waals surface area contributed by atoms with Gasteiger partial charge in [0.05, 0.1) is 4.92 Å². The van der Waals surface area contributed by atoms with Gasteiger partial charge in [-0.05, 0) is 6.07 Å². The molecule has 0 spiro atoms. The van der Waals surface area contributed by atoms with Crippen LogP contribution in [0.5, 0.6) is 5.75 Å². The van der Waals surface area contributed by atoms with E-state index < -0.39 is 17.0 Å². The van der Waals surface area contributed by atoms with Gasteiger partial charge in [0, 0.05) is 22.7 Å². The minimum absolute atomic E-state index is 0.191. The predicted molar refractivity (Wildman–Crippen MR) is 75.6 cm³/mol. The molecule has 0 bridgehead atoms. The lowest BCUT2D eigenvalue weighted by molar-refractivity contribution is -0.386. The number of aliphatic carboxylic acids is 1. The normalized spacial score (nSPS) is 11.7. The van der Waals surface area contributed by atoms with Gasteiger partial charge in [0.15, 0.2) is 5.75 Å². The van der Waals surface area contributed by atoms with E-state index in [9.17, 15) is 20.0 Å². The van der Waals surface area contributed by atoms with Crippen molar-refractivity contribution in [2.75, 3.05) is 0 Å². The molecule has 0 radical (unpaired) electrons. The number of halogens is 1. The molecule has 6 nitrogen and oxygen atoms in total. The molecule has 21 heavy (non-hydrogen) atoms. The number of ether oxygens (including phenoxy) is 1. The van der Waals surface area contributed by atoms with E-state index in [-0.39, 0.29) is 16.5 Å². The van der Waals surface area contributed by atoms with Crippen LogP contribution in [0.4, 0.5) is 5.69 Å². The van der Waals surface area contributed by atoms with Crippen molar-refractivity contribution in [3.63, 3.8) is 0 Å². The maximum Gasteiger partial charge on any atom is 0.349 e. The Kier molecular flexibility index (Phi) is 4.39. The first kappa shape index (κ1) is 14.8. The van der Waals surface area contributed by atoms with E-state index in [4.69, 9.17) is 16.3 Å². The minimum Gasteiger partial charge on any atom is -0.478 e. The Labute approximate surface area is 124 Å². The first-order chi connectivity index (χ1) is 9.99. The fourth-order valence-electron chi connectivity index (χ4n) is 1.75. The molecular formula is C14H10ClNO5. The van der Waals surface area contributed by atoms with Crippen LogP contribution in [0.15, 0.2) is 48.5 Å². The van der Waals surface area contributed by atoms with Crippen LogP contribution >= 0.6 is 11.6 Å². The molecule has 2 aromatic carbocycles. The van der Waals surface area contributed by atoms with Crippen LogP contribution in [-0.4, -0.2) is 16.0 Å². The largest absolute Gasteiger partial charge is 0.478 e. The molecule has 0 aliphatic carbocycles. The van der Waals surface area contributed by atoms with Gasteiger partial charge in [0.25, 0.3) is 0 Å². The van der Waals surface area contributed by atoms with Gasteiger partial charge in [0.1, 0.15) is 0 Å². The Hall–Kier alpha value is -2.60. The fraction of sp³-hybridized carbons (Fsp3) is 0.0714. The highest BCUT2D eigenvalue weighted by Crippen LogP contribution is 2.33. The molecule has 0 saturated heterocycles. The molecule has 0 fully saturated rings. The van der Waals surface area contributed by atoms with Crippen molar-refractivity contribution in [2.45, 2.75) is 6.10 Å². The van der Waals surface area contributed by atoms with E-state index in [2.05, 4.69) is 0 Å². The molecule has 0 amide bonds. The van der Waals surface area contributed by atoms with Crippen molar-refractivity contribution >= 4 is 23.3 Å². The summed E-state index contributed by atoms with van der Waals surface area (Å²) in [5, 5.41) is 20.4. The third-order valence-electron chi connectivity index (χ3n) is 2.69. The number of nitro groups is 1. The SMILES string of the molecule is O=C(O)C(Oc1cc(Cl)ccc1[N+](=O)[O-])c1ccccc1. The first-order valence-corrected chi connectivity index (χ1v) is 6.25. The van der Waals surface area contributed by atoms with Crippen molar-refractivity contribution in [3.8, 4) is 5.75 Å². The Balaban J connectivity index is 2.40. The molecule has 0 aliphatic rings. The van der Waals surface area contributed by atoms with Crippen LogP contribution in [0.3, 0.4) is 0 Å². The number of carboxylic acid groups (broad SMARTS) is 1. The Bertz CT molecular complexity index is 674. The molecule has 0 aromatic heterocycles. The Morgan fingerprint density at radius 3 is 2.48 bits per heavy atom. The summed E-state index contributed by atoms with van der Waals surface area (Å²) in [6.07, 6.45) is -1.36. The van der Waals surface area contributed by atoms with Crippen molar-refractivity contribution in [3.05, 3.63) is 69.2 Å². The van der Waals surface area contributed by atoms with Crippen molar-refractivity contribution in [1.29, 1.82) is 0 Å². The molecule has 1 unspecified atom stereocenters. The average molecular weight is 308 g/mol. The number of nitrogens with zero attached hydrogens (tertiary/aromatic N) is 1. The van der Waals surface area contributed by atoms with Gasteiger partial charge in [-0.2, -0.15) is 0 Å². The molecule has 0 saturated carbocycles. The number of nitro benzene ring substituents is 1. The fourth-order valence-corrected chi connectivity index (χ4v) is 1.91. The van der Waals surface area contributed by atoms with Crippen molar-refractivity contribution in [2.24, 2.45) is 0 Å². The maximum atomic E-state index is 11.3. The van der Waals surface area contributed by atoms with Gasteiger partial charge in [-0.25, -0.2) is 4.79 Å². The predicted octanol–water partition coefficient (Wildman–Crippen LogP) is 3.45. The van der Waals surface area contributed by atoms with Crippen LogP contribution in [0.1, 0.15) is 11.7 Å². The second kappa shape index (κ2) is 6.23. The summed E-state index contributed by atoms with van der Waals surface area (Å²) in [4.78, 5) is 21.6. The minimum atomic E-state index is -1.36. The quantitative estimate of drug-likeness (QED) is 0.675. The molecule has 108 valence electrons. The average Bonchev–Trinajstić information content (AvgIpc) is 2.45. The number of rotatable bonds is 5. The third kappa shape index (κ3) is 3.49. The van der Waals surface area contributed by atoms with E-state index >= 15 is 0 Å². The second-order valence-electron chi connectivity index (χ2n) is 4.12. The zero-order valence-corrected chi connectivity index (χ0v) is 11.4. The lowest BCUT2D eigenvalue weighted by Gasteiger charge is -2.15. The Morgan fingerprint density at radius 1 is 1.24 bits per heavy atom. The number of carbonyl (C=O) groups is 1. The van der Waals surface area contributed by atoms with E-state index in [1.165, 1.54) is 18.2 Å². The molecule has 7 heteroatoms. The summed E-state index contributed by atoms with van der Waals surface area (Å²) in [5.74, 6) is -1.45. The monoisotopic (exact) mass is 307 g/mol. The van der Waals surface area contributed by atoms with Gasteiger partial charge < -0.3 is 9.84 Å². The summed E-state index contributed by atoms with van der Waals surface area (Å²) in [5.41, 5.74) is 0.0286. The summed E-state index contributed by atoms with van der Waals surface area (Å²) < 4.78 is 5.31. The van der Waals surface area contributed by atoms with Crippen LogP contribution in [0.2, 0.25) is 5.02 Å².